The molecule has 2 unspecified atom stereocenters. The maximum Gasteiger partial charge on any atom is 0.327 e. The SMILES string of the molecule is CCNC(C)(CN1CC(C)OC(C)(C)C1)C(=O)OC. The van der Waals surface area contributed by atoms with Gasteiger partial charge >= 0.3 is 5.97 Å². The van der Waals surface area contributed by atoms with E-state index in [0.717, 1.165) is 19.6 Å². The van der Waals surface area contributed by atoms with Crippen LogP contribution in [-0.4, -0.2) is 61.4 Å². The summed E-state index contributed by atoms with van der Waals surface area (Å²) < 4.78 is 10.8. The zero-order chi connectivity index (χ0) is 14.7. The number of nitrogens with zero attached hydrogens (tertiary/aromatic N) is 1. The molecule has 1 N–H and O–H groups in total. The lowest BCUT2D eigenvalue weighted by Gasteiger charge is -2.44. The Bertz CT molecular complexity index is 320. The number of carbonyl (C=O) groups excluding carboxylic acids is 1. The Kier molecular flexibility index (Phi) is 5.35. The topological polar surface area (TPSA) is 50.8 Å². The number of methoxy groups -OCH3 is 1. The van der Waals surface area contributed by atoms with Crippen molar-refractivity contribution in [3.63, 3.8) is 0 Å². The van der Waals surface area contributed by atoms with Crippen LogP contribution in [0.1, 0.15) is 34.6 Å². The number of likely N-dealkylation sites (N-methyl/N-ethyl adjacent to an activating group) is 1. The highest BCUT2D eigenvalue weighted by Crippen LogP contribution is 2.22. The second-order valence-electron chi connectivity index (χ2n) is 6.21. The fraction of sp³-hybridized carbons (Fsp3) is 0.929. The zero-order valence-electron chi connectivity index (χ0n) is 13.1. The summed E-state index contributed by atoms with van der Waals surface area (Å²) in [5, 5.41) is 3.24. The first kappa shape index (κ1) is 16.4. The number of ether oxygens (including phenoxy) is 2. The van der Waals surface area contributed by atoms with Gasteiger partial charge in [0.05, 0.1) is 18.8 Å². The van der Waals surface area contributed by atoms with E-state index < -0.39 is 5.54 Å². The predicted octanol–water partition coefficient (Wildman–Crippen LogP) is 1.03. The third-order valence-electron chi connectivity index (χ3n) is 3.38. The summed E-state index contributed by atoms with van der Waals surface area (Å²) in [5.74, 6) is -0.216. The summed E-state index contributed by atoms with van der Waals surface area (Å²) in [4.78, 5) is 14.3. The number of morpholine rings is 1. The van der Waals surface area contributed by atoms with E-state index in [2.05, 4.69) is 31.0 Å². The van der Waals surface area contributed by atoms with E-state index in [1.54, 1.807) is 0 Å². The number of carbonyl (C=O) groups is 1. The Balaban J connectivity index is 2.76. The van der Waals surface area contributed by atoms with Crippen LogP contribution in [0.25, 0.3) is 0 Å². The van der Waals surface area contributed by atoms with Crippen molar-refractivity contribution in [2.24, 2.45) is 0 Å². The first-order chi connectivity index (χ1) is 8.72. The number of hydrogen-bond acceptors (Lipinski definition) is 5. The Morgan fingerprint density at radius 3 is 2.68 bits per heavy atom. The molecule has 1 saturated heterocycles. The molecule has 0 amide bonds. The van der Waals surface area contributed by atoms with Crippen molar-refractivity contribution in [2.75, 3.05) is 33.3 Å². The van der Waals surface area contributed by atoms with Crippen LogP contribution in [-0.2, 0) is 14.3 Å². The monoisotopic (exact) mass is 272 g/mol. The van der Waals surface area contributed by atoms with Crippen molar-refractivity contribution in [3.8, 4) is 0 Å². The summed E-state index contributed by atoms with van der Waals surface area (Å²) in [7, 11) is 1.43. The van der Waals surface area contributed by atoms with E-state index >= 15 is 0 Å². The molecule has 1 aliphatic heterocycles. The average Bonchev–Trinajstić information content (AvgIpc) is 2.25. The van der Waals surface area contributed by atoms with E-state index in [0.29, 0.717) is 6.54 Å². The quantitative estimate of drug-likeness (QED) is 0.758. The maximum absolute atomic E-state index is 12.0. The lowest BCUT2D eigenvalue weighted by Crippen LogP contribution is -2.61. The van der Waals surface area contributed by atoms with Crippen molar-refractivity contribution in [1.29, 1.82) is 0 Å². The van der Waals surface area contributed by atoms with Crippen LogP contribution in [0.5, 0.6) is 0 Å². The molecule has 0 bridgehead atoms. The molecule has 1 rings (SSSR count). The molecule has 0 aromatic carbocycles. The van der Waals surface area contributed by atoms with Gasteiger partial charge < -0.3 is 14.8 Å². The molecular formula is C14H28N2O3. The molecule has 1 aliphatic rings. The molecule has 19 heavy (non-hydrogen) atoms. The standard InChI is InChI=1S/C14H28N2O3/c1-7-15-14(5,12(17)18-6)10-16-8-11(2)19-13(3,4)9-16/h11,15H,7-10H2,1-6H3. The van der Waals surface area contributed by atoms with E-state index in [1.165, 1.54) is 7.11 Å². The molecule has 0 radical (unpaired) electrons. The van der Waals surface area contributed by atoms with E-state index in [9.17, 15) is 4.79 Å². The van der Waals surface area contributed by atoms with Gasteiger partial charge in [0.1, 0.15) is 5.54 Å². The maximum atomic E-state index is 12.0. The van der Waals surface area contributed by atoms with Crippen LogP contribution < -0.4 is 5.32 Å². The van der Waals surface area contributed by atoms with Crippen molar-refractivity contribution < 1.29 is 14.3 Å². The highest BCUT2D eigenvalue weighted by Gasteiger charge is 2.39. The lowest BCUT2D eigenvalue weighted by atomic mass is 9.98. The molecule has 2 atom stereocenters. The van der Waals surface area contributed by atoms with Gasteiger partial charge in [-0.25, -0.2) is 0 Å². The van der Waals surface area contributed by atoms with Gasteiger partial charge in [-0.2, -0.15) is 0 Å². The van der Waals surface area contributed by atoms with Crippen LogP contribution in [0.15, 0.2) is 0 Å². The average molecular weight is 272 g/mol. The fourth-order valence-corrected chi connectivity index (χ4v) is 2.96. The van der Waals surface area contributed by atoms with Crippen LogP contribution in [0.2, 0.25) is 0 Å². The Morgan fingerprint density at radius 2 is 2.21 bits per heavy atom. The fourth-order valence-electron chi connectivity index (χ4n) is 2.96. The van der Waals surface area contributed by atoms with Gasteiger partial charge in [-0.3, -0.25) is 9.69 Å². The van der Waals surface area contributed by atoms with Crippen molar-refractivity contribution in [2.45, 2.75) is 51.9 Å². The third kappa shape index (κ3) is 4.44. The van der Waals surface area contributed by atoms with Gasteiger partial charge in [-0.15, -0.1) is 0 Å². The van der Waals surface area contributed by atoms with Crippen LogP contribution >= 0.6 is 0 Å². The number of nitrogens with one attached hydrogen (secondary N) is 1. The number of esters is 1. The number of rotatable bonds is 5. The van der Waals surface area contributed by atoms with Crippen LogP contribution in [0.3, 0.4) is 0 Å². The van der Waals surface area contributed by atoms with Gasteiger partial charge in [0.2, 0.25) is 0 Å². The first-order valence-corrected chi connectivity index (χ1v) is 6.96. The van der Waals surface area contributed by atoms with Gasteiger partial charge in [0, 0.05) is 19.6 Å². The van der Waals surface area contributed by atoms with Crippen molar-refractivity contribution in [3.05, 3.63) is 0 Å². The molecule has 0 aliphatic carbocycles. The predicted molar refractivity (Wildman–Crippen MR) is 75.2 cm³/mol. The van der Waals surface area contributed by atoms with Gasteiger partial charge in [0.15, 0.2) is 0 Å². The van der Waals surface area contributed by atoms with Crippen LogP contribution in [0.4, 0.5) is 0 Å². The van der Waals surface area contributed by atoms with Gasteiger partial charge in [0.25, 0.3) is 0 Å². The Morgan fingerprint density at radius 1 is 1.58 bits per heavy atom. The van der Waals surface area contributed by atoms with Gasteiger partial charge in [-0.1, -0.05) is 6.92 Å². The van der Waals surface area contributed by atoms with E-state index in [1.807, 2.05) is 13.8 Å². The highest BCUT2D eigenvalue weighted by atomic mass is 16.5. The molecule has 0 aromatic rings. The largest absolute Gasteiger partial charge is 0.468 e. The minimum atomic E-state index is -0.670. The molecule has 0 saturated carbocycles. The molecule has 1 heterocycles. The number of hydrogen-bond donors (Lipinski definition) is 1. The summed E-state index contributed by atoms with van der Waals surface area (Å²) in [6.45, 7) is 13.1. The molecular weight excluding hydrogens is 244 g/mol. The summed E-state index contributed by atoms with van der Waals surface area (Å²) in [6.07, 6.45) is 0.173. The summed E-state index contributed by atoms with van der Waals surface area (Å²) >= 11 is 0. The minimum Gasteiger partial charge on any atom is -0.468 e. The summed E-state index contributed by atoms with van der Waals surface area (Å²) in [6, 6.07) is 0. The summed E-state index contributed by atoms with van der Waals surface area (Å²) in [5.41, 5.74) is -0.850. The third-order valence-corrected chi connectivity index (χ3v) is 3.38. The molecule has 0 spiro atoms. The molecule has 5 nitrogen and oxygen atoms in total. The van der Waals surface area contributed by atoms with Gasteiger partial charge in [-0.05, 0) is 34.2 Å². The lowest BCUT2D eigenvalue weighted by molar-refractivity contribution is -0.155. The molecule has 0 aromatic heterocycles. The Labute approximate surface area is 116 Å². The highest BCUT2D eigenvalue weighted by molar-refractivity contribution is 5.80. The second kappa shape index (κ2) is 6.20. The van der Waals surface area contributed by atoms with Crippen molar-refractivity contribution in [1.82, 2.24) is 10.2 Å². The van der Waals surface area contributed by atoms with Crippen molar-refractivity contribution >= 4 is 5.97 Å². The van der Waals surface area contributed by atoms with Crippen LogP contribution in [0, 0.1) is 0 Å². The normalized spacial score (nSPS) is 26.7. The zero-order valence-corrected chi connectivity index (χ0v) is 13.1. The molecule has 1 fully saturated rings. The van der Waals surface area contributed by atoms with E-state index in [-0.39, 0.29) is 17.7 Å². The molecule has 5 heteroatoms. The molecule has 112 valence electrons. The minimum absolute atomic E-state index is 0.173. The van der Waals surface area contributed by atoms with E-state index in [4.69, 9.17) is 9.47 Å². The second-order valence-corrected chi connectivity index (χ2v) is 6.21. The Hall–Kier alpha value is -0.650. The smallest absolute Gasteiger partial charge is 0.327 e. The first-order valence-electron chi connectivity index (χ1n) is 6.96.